The van der Waals surface area contributed by atoms with Gasteiger partial charge >= 0.3 is 5.97 Å². The van der Waals surface area contributed by atoms with Gasteiger partial charge < -0.3 is 9.64 Å². The minimum absolute atomic E-state index is 0.126. The van der Waals surface area contributed by atoms with Crippen LogP contribution in [0.25, 0.3) is 0 Å². The van der Waals surface area contributed by atoms with Crippen molar-refractivity contribution in [2.24, 2.45) is 5.92 Å². The molecule has 1 aromatic carbocycles. The molecule has 2 aromatic rings. The summed E-state index contributed by atoms with van der Waals surface area (Å²) in [5.41, 5.74) is 2.59. The third-order valence-corrected chi connectivity index (χ3v) is 5.80. The standard InChI is InChI=1S/C22H27N3O3/c1-3-28-22(27)20-13-15(2)23-25(20)17-9-11-24(12-10-17)21(26)19-14-18(19)16-7-5-4-6-8-16/h4-8,13,17-19H,3,9-12,14H2,1-2H3/t18-,19?/m0/s1. The topological polar surface area (TPSA) is 64.4 Å². The van der Waals surface area contributed by atoms with Crippen molar-refractivity contribution < 1.29 is 14.3 Å². The SMILES string of the molecule is CCOC(=O)c1cc(C)nn1C1CCN(C(=O)C2C[C@H]2c2ccccc2)CC1. The first-order valence-electron chi connectivity index (χ1n) is 10.2. The maximum Gasteiger partial charge on any atom is 0.356 e. The van der Waals surface area contributed by atoms with Crippen LogP contribution < -0.4 is 0 Å². The van der Waals surface area contributed by atoms with Gasteiger partial charge in [0, 0.05) is 19.0 Å². The Labute approximate surface area is 165 Å². The highest BCUT2D eigenvalue weighted by atomic mass is 16.5. The van der Waals surface area contributed by atoms with E-state index < -0.39 is 0 Å². The fraction of sp³-hybridized carbons (Fsp3) is 0.500. The van der Waals surface area contributed by atoms with E-state index in [1.165, 1.54) is 5.56 Å². The molecule has 28 heavy (non-hydrogen) atoms. The van der Waals surface area contributed by atoms with E-state index in [1.54, 1.807) is 17.7 Å². The fourth-order valence-electron chi connectivity index (χ4n) is 4.25. The zero-order valence-electron chi connectivity index (χ0n) is 16.5. The number of carbonyl (C=O) groups is 2. The molecule has 1 aliphatic heterocycles. The first-order chi connectivity index (χ1) is 13.6. The van der Waals surface area contributed by atoms with Crippen LogP contribution in [-0.4, -0.2) is 46.3 Å². The lowest BCUT2D eigenvalue weighted by Gasteiger charge is -2.33. The maximum absolute atomic E-state index is 12.9. The summed E-state index contributed by atoms with van der Waals surface area (Å²) in [6, 6.07) is 12.2. The van der Waals surface area contributed by atoms with Crippen molar-refractivity contribution in [3.63, 3.8) is 0 Å². The van der Waals surface area contributed by atoms with Crippen molar-refractivity contribution in [3.8, 4) is 0 Å². The molecule has 0 radical (unpaired) electrons. The van der Waals surface area contributed by atoms with E-state index in [9.17, 15) is 9.59 Å². The molecule has 0 bridgehead atoms. The Balaban J connectivity index is 1.37. The first kappa shape index (κ1) is 18.7. The van der Waals surface area contributed by atoms with Gasteiger partial charge in [0.15, 0.2) is 0 Å². The maximum atomic E-state index is 12.9. The number of esters is 1. The minimum Gasteiger partial charge on any atom is -0.461 e. The van der Waals surface area contributed by atoms with Crippen LogP contribution >= 0.6 is 0 Å². The first-order valence-corrected chi connectivity index (χ1v) is 10.2. The largest absolute Gasteiger partial charge is 0.461 e. The van der Waals surface area contributed by atoms with Crippen LogP contribution in [0.4, 0.5) is 0 Å². The third-order valence-electron chi connectivity index (χ3n) is 5.80. The number of aromatic nitrogens is 2. The van der Waals surface area contributed by atoms with Gasteiger partial charge in [-0.25, -0.2) is 4.79 Å². The van der Waals surface area contributed by atoms with Crippen molar-refractivity contribution in [2.75, 3.05) is 19.7 Å². The molecule has 1 saturated heterocycles. The van der Waals surface area contributed by atoms with Crippen LogP contribution in [0.15, 0.2) is 36.4 Å². The van der Waals surface area contributed by atoms with Gasteiger partial charge in [-0.15, -0.1) is 0 Å². The molecular weight excluding hydrogens is 354 g/mol. The molecule has 2 fully saturated rings. The van der Waals surface area contributed by atoms with Gasteiger partial charge in [0.05, 0.1) is 18.3 Å². The number of nitrogens with zero attached hydrogens (tertiary/aromatic N) is 3. The lowest BCUT2D eigenvalue weighted by Crippen LogP contribution is -2.40. The molecule has 6 heteroatoms. The summed E-state index contributed by atoms with van der Waals surface area (Å²) in [5, 5.41) is 4.52. The average Bonchev–Trinajstić information content (AvgIpc) is 3.43. The summed E-state index contributed by atoms with van der Waals surface area (Å²) in [6.45, 7) is 5.45. The molecule has 2 heterocycles. The highest BCUT2D eigenvalue weighted by molar-refractivity contribution is 5.87. The molecule has 4 rings (SSSR count). The molecule has 2 atom stereocenters. The summed E-state index contributed by atoms with van der Waals surface area (Å²) in [7, 11) is 0. The van der Waals surface area contributed by atoms with Gasteiger partial charge in [0.1, 0.15) is 5.69 Å². The Morgan fingerprint density at radius 1 is 1.18 bits per heavy atom. The molecule has 0 N–H and O–H groups in total. The summed E-state index contributed by atoms with van der Waals surface area (Å²) in [6.07, 6.45) is 2.57. The van der Waals surface area contributed by atoms with Crippen LogP contribution in [0.3, 0.4) is 0 Å². The van der Waals surface area contributed by atoms with E-state index in [-0.39, 0.29) is 23.8 Å². The van der Waals surface area contributed by atoms with Gasteiger partial charge in [-0.2, -0.15) is 5.10 Å². The van der Waals surface area contributed by atoms with Crippen molar-refractivity contribution >= 4 is 11.9 Å². The molecule has 1 saturated carbocycles. The molecule has 1 aliphatic carbocycles. The van der Waals surface area contributed by atoms with Crippen LogP contribution in [0.1, 0.15) is 59.9 Å². The van der Waals surface area contributed by atoms with E-state index in [0.717, 1.165) is 25.0 Å². The lowest BCUT2D eigenvalue weighted by atomic mass is 10.0. The van der Waals surface area contributed by atoms with Gasteiger partial charge in [0.2, 0.25) is 5.91 Å². The minimum atomic E-state index is -0.328. The molecular formula is C22H27N3O3. The van der Waals surface area contributed by atoms with E-state index in [1.807, 2.05) is 30.0 Å². The van der Waals surface area contributed by atoms with Gasteiger partial charge in [0.25, 0.3) is 0 Å². The Kier molecular flexibility index (Phi) is 5.20. The quantitative estimate of drug-likeness (QED) is 0.745. The zero-order chi connectivity index (χ0) is 19.7. The van der Waals surface area contributed by atoms with Crippen molar-refractivity contribution in [1.82, 2.24) is 14.7 Å². The second-order valence-electron chi connectivity index (χ2n) is 7.75. The number of carbonyl (C=O) groups excluding carboxylic acids is 2. The van der Waals surface area contributed by atoms with Gasteiger partial charge in [-0.05, 0) is 50.7 Å². The van der Waals surface area contributed by atoms with E-state index in [4.69, 9.17) is 4.74 Å². The Morgan fingerprint density at radius 3 is 2.57 bits per heavy atom. The number of aryl methyl sites for hydroxylation is 1. The Morgan fingerprint density at radius 2 is 1.89 bits per heavy atom. The average molecular weight is 381 g/mol. The Hall–Kier alpha value is -2.63. The summed E-state index contributed by atoms with van der Waals surface area (Å²) in [5.74, 6) is 0.441. The number of amides is 1. The van der Waals surface area contributed by atoms with Crippen LogP contribution in [0.5, 0.6) is 0 Å². The number of piperidine rings is 1. The van der Waals surface area contributed by atoms with Crippen molar-refractivity contribution in [1.29, 1.82) is 0 Å². The van der Waals surface area contributed by atoms with E-state index in [2.05, 4.69) is 17.2 Å². The van der Waals surface area contributed by atoms with Crippen LogP contribution in [0.2, 0.25) is 0 Å². The van der Waals surface area contributed by atoms with Gasteiger partial charge in [-0.1, -0.05) is 30.3 Å². The zero-order valence-corrected chi connectivity index (χ0v) is 16.5. The normalized spacial score (nSPS) is 22.1. The van der Waals surface area contributed by atoms with E-state index in [0.29, 0.717) is 31.3 Å². The number of rotatable bonds is 5. The number of hydrogen-bond acceptors (Lipinski definition) is 4. The third kappa shape index (κ3) is 3.68. The van der Waals surface area contributed by atoms with Gasteiger partial charge in [-0.3, -0.25) is 9.48 Å². The Bertz CT molecular complexity index is 853. The lowest BCUT2D eigenvalue weighted by molar-refractivity contribution is -0.134. The van der Waals surface area contributed by atoms with E-state index >= 15 is 0 Å². The van der Waals surface area contributed by atoms with Crippen molar-refractivity contribution in [3.05, 3.63) is 53.3 Å². The number of benzene rings is 1. The molecule has 1 amide bonds. The second kappa shape index (κ2) is 7.78. The highest BCUT2D eigenvalue weighted by Crippen LogP contribution is 2.48. The molecule has 1 unspecified atom stereocenters. The van der Waals surface area contributed by atoms with Crippen LogP contribution in [-0.2, 0) is 9.53 Å². The summed E-state index contributed by atoms with van der Waals surface area (Å²) < 4.78 is 6.97. The van der Waals surface area contributed by atoms with Crippen LogP contribution in [0, 0.1) is 12.8 Å². The summed E-state index contributed by atoms with van der Waals surface area (Å²) >= 11 is 0. The number of ether oxygens (including phenoxy) is 1. The number of likely N-dealkylation sites (tertiary alicyclic amines) is 1. The second-order valence-corrected chi connectivity index (χ2v) is 7.75. The molecule has 2 aliphatic rings. The molecule has 0 spiro atoms. The molecule has 148 valence electrons. The monoisotopic (exact) mass is 381 g/mol. The fourth-order valence-corrected chi connectivity index (χ4v) is 4.25. The van der Waals surface area contributed by atoms with Crippen molar-refractivity contribution in [2.45, 2.75) is 45.1 Å². The number of hydrogen-bond donors (Lipinski definition) is 0. The molecule has 1 aromatic heterocycles. The smallest absolute Gasteiger partial charge is 0.356 e. The molecule has 6 nitrogen and oxygen atoms in total. The predicted octanol–water partition coefficient (Wildman–Crippen LogP) is 3.34. The predicted molar refractivity (Wildman–Crippen MR) is 105 cm³/mol. The highest BCUT2D eigenvalue weighted by Gasteiger charge is 2.46. The summed E-state index contributed by atoms with van der Waals surface area (Å²) in [4.78, 5) is 27.1.